The van der Waals surface area contributed by atoms with Crippen LogP contribution in [0.1, 0.15) is 24.5 Å². The molecule has 0 atom stereocenters. The summed E-state index contributed by atoms with van der Waals surface area (Å²) in [6.07, 6.45) is 5.96. The van der Waals surface area contributed by atoms with Gasteiger partial charge in [-0.3, -0.25) is 0 Å². The molecule has 0 aliphatic heterocycles. The zero-order chi connectivity index (χ0) is 11.0. The zero-order valence-corrected chi connectivity index (χ0v) is 9.07. The number of aromatic nitrogens is 4. The third-order valence-electron chi connectivity index (χ3n) is 2.71. The Hall–Kier alpha value is -1.91. The van der Waals surface area contributed by atoms with Crippen LogP contribution in [0.4, 0.5) is 5.82 Å². The molecule has 1 saturated carbocycles. The van der Waals surface area contributed by atoms with Gasteiger partial charge in [0.05, 0.1) is 0 Å². The van der Waals surface area contributed by atoms with Gasteiger partial charge in [0.2, 0.25) is 0 Å². The summed E-state index contributed by atoms with van der Waals surface area (Å²) in [5.41, 5.74) is 1.12. The molecule has 0 unspecified atom stereocenters. The molecule has 1 fully saturated rings. The van der Waals surface area contributed by atoms with Crippen molar-refractivity contribution in [1.29, 1.82) is 0 Å². The molecular weight excluding hydrogens is 202 g/mol. The molecule has 0 aromatic carbocycles. The first kappa shape index (κ1) is 9.33. The van der Waals surface area contributed by atoms with Crippen molar-refractivity contribution in [2.45, 2.75) is 18.8 Å². The fraction of sp³-hybridized carbons (Fsp3) is 0.364. The number of aromatic amines is 1. The van der Waals surface area contributed by atoms with Crippen molar-refractivity contribution in [3.63, 3.8) is 0 Å². The molecule has 2 aromatic rings. The van der Waals surface area contributed by atoms with Crippen LogP contribution < -0.4 is 5.32 Å². The highest BCUT2D eigenvalue weighted by Gasteiger charge is 2.26. The van der Waals surface area contributed by atoms with E-state index in [-0.39, 0.29) is 0 Å². The molecule has 0 amide bonds. The highest BCUT2D eigenvalue weighted by Crippen LogP contribution is 2.39. The highest BCUT2D eigenvalue weighted by atomic mass is 15.1. The molecule has 3 rings (SSSR count). The fourth-order valence-electron chi connectivity index (χ4n) is 1.68. The lowest BCUT2D eigenvalue weighted by molar-refractivity contribution is 0.983. The molecule has 5 nitrogen and oxygen atoms in total. The lowest BCUT2D eigenvalue weighted by Gasteiger charge is -2.05. The van der Waals surface area contributed by atoms with E-state index in [1.807, 2.05) is 13.1 Å². The smallest absolute Gasteiger partial charge is 0.197 e. The molecule has 0 spiro atoms. The third-order valence-corrected chi connectivity index (χ3v) is 2.71. The molecule has 0 saturated heterocycles. The number of nitrogens with zero attached hydrogens (tertiary/aromatic N) is 3. The van der Waals surface area contributed by atoms with Crippen LogP contribution in [0.25, 0.3) is 11.6 Å². The van der Waals surface area contributed by atoms with Crippen LogP contribution in [0.2, 0.25) is 0 Å². The Balaban J connectivity index is 2.06. The van der Waals surface area contributed by atoms with E-state index in [1.54, 1.807) is 12.4 Å². The van der Waals surface area contributed by atoms with Gasteiger partial charge < -0.3 is 10.3 Å². The summed E-state index contributed by atoms with van der Waals surface area (Å²) in [6.45, 7) is 0. The second-order valence-electron chi connectivity index (χ2n) is 3.96. The topological polar surface area (TPSA) is 66.5 Å². The summed E-state index contributed by atoms with van der Waals surface area (Å²) >= 11 is 0. The average molecular weight is 215 g/mol. The van der Waals surface area contributed by atoms with Crippen molar-refractivity contribution in [2.75, 3.05) is 12.4 Å². The predicted octanol–water partition coefficient (Wildman–Crippen LogP) is 1.79. The van der Waals surface area contributed by atoms with Crippen LogP contribution in [-0.2, 0) is 0 Å². The first-order valence-electron chi connectivity index (χ1n) is 5.43. The monoisotopic (exact) mass is 215 g/mol. The largest absolute Gasteiger partial charge is 0.373 e. The lowest BCUT2D eigenvalue weighted by Crippen LogP contribution is -2.00. The third kappa shape index (κ3) is 1.64. The molecule has 1 aliphatic carbocycles. The molecule has 0 radical (unpaired) electrons. The van der Waals surface area contributed by atoms with E-state index in [0.29, 0.717) is 11.7 Å². The van der Waals surface area contributed by atoms with Crippen molar-refractivity contribution in [3.05, 3.63) is 24.2 Å². The van der Waals surface area contributed by atoms with Crippen molar-refractivity contribution in [1.82, 2.24) is 19.9 Å². The maximum absolute atomic E-state index is 4.54. The van der Waals surface area contributed by atoms with Crippen LogP contribution in [0.5, 0.6) is 0 Å². The van der Waals surface area contributed by atoms with Crippen molar-refractivity contribution < 1.29 is 0 Å². The standard InChI is InChI=1S/C11H13N5/c1-12-9-6-8(7-2-3-7)15-11(16-9)10-13-4-5-14-10/h4-7H,2-3H2,1H3,(H,13,14)(H,12,15,16). The second-order valence-corrected chi connectivity index (χ2v) is 3.96. The quantitative estimate of drug-likeness (QED) is 0.819. The lowest BCUT2D eigenvalue weighted by atomic mass is 10.2. The number of anilines is 1. The maximum atomic E-state index is 4.54. The van der Waals surface area contributed by atoms with Gasteiger partial charge >= 0.3 is 0 Å². The molecular formula is C11H13N5. The normalized spacial score (nSPS) is 15.1. The maximum Gasteiger partial charge on any atom is 0.197 e. The van der Waals surface area contributed by atoms with Crippen molar-refractivity contribution in [2.24, 2.45) is 0 Å². The zero-order valence-electron chi connectivity index (χ0n) is 9.07. The van der Waals surface area contributed by atoms with Crippen LogP contribution >= 0.6 is 0 Å². The number of rotatable bonds is 3. The van der Waals surface area contributed by atoms with Gasteiger partial charge in [0, 0.05) is 37.1 Å². The van der Waals surface area contributed by atoms with Crippen LogP contribution in [0, 0.1) is 0 Å². The number of hydrogen-bond acceptors (Lipinski definition) is 4. The number of nitrogens with one attached hydrogen (secondary N) is 2. The fourth-order valence-corrected chi connectivity index (χ4v) is 1.68. The van der Waals surface area contributed by atoms with Gasteiger partial charge in [-0.15, -0.1) is 0 Å². The molecule has 82 valence electrons. The van der Waals surface area contributed by atoms with E-state index in [4.69, 9.17) is 0 Å². The molecule has 2 heterocycles. The number of imidazole rings is 1. The Bertz CT molecular complexity index is 487. The molecule has 1 aliphatic rings. The molecule has 5 heteroatoms. The van der Waals surface area contributed by atoms with E-state index in [2.05, 4.69) is 25.3 Å². The summed E-state index contributed by atoms with van der Waals surface area (Å²) in [5, 5.41) is 3.06. The second kappa shape index (κ2) is 3.59. The van der Waals surface area contributed by atoms with Crippen LogP contribution in [0.3, 0.4) is 0 Å². The minimum Gasteiger partial charge on any atom is -0.373 e. The molecule has 16 heavy (non-hydrogen) atoms. The van der Waals surface area contributed by atoms with Gasteiger partial charge in [0.25, 0.3) is 0 Å². The summed E-state index contributed by atoms with van der Waals surface area (Å²) < 4.78 is 0. The van der Waals surface area contributed by atoms with Crippen LogP contribution in [-0.4, -0.2) is 27.0 Å². The number of hydrogen-bond donors (Lipinski definition) is 2. The van der Waals surface area contributed by atoms with Gasteiger partial charge in [0.15, 0.2) is 11.6 Å². The number of H-pyrrole nitrogens is 1. The van der Waals surface area contributed by atoms with Gasteiger partial charge in [-0.25, -0.2) is 15.0 Å². The molecule has 0 bridgehead atoms. The van der Waals surface area contributed by atoms with Crippen molar-refractivity contribution in [3.8, 4) is 11.6 Å². The summed E-state index contributed by atoms with van der Waals surface area (Å²) in [5.74, 6) is 2.85. The summed E-state index contributed by atoms with van der Waals surface area (Å²) in [7, 11) is 1.87. The first-order chi connectivity index (χ1) is 7.86. The molecule has 2 aromatic heterocycles. The first-order valence-corrected chi connectivity index (χ1v) is 5.43. The minimum absolute atomic E-state index is 0.615. The van der Waals surface area contributed by atoms with Crippen molar-refractivity contribution >= 4 is 5.82 Å². The van der Waals surface area contributed by atoms with Gasteiger partial charge in [-0.05, 0) is 12.8 Å². The minimum atomic E-state index is 0.615. The van der Waals surface area contributed by atoms with Crippen LogP contribution in [0.15, 0.2) is 18.5 Å². The highest BCUT2D eigenvalue weighted by molar-refractivity contribution is 5.49. The summed E-state index contributed by atoms with van der Waals surface area (Å²) in [4.78, 5) is 16.1. The van der Waals surface area contributed by atoms with Gasteiger partial charge in [-0.2, -0.15) is 0 Å². The van der Waals surface area contributed by atoms with E-state index >= 15 is 0 Å². The molecule has 2 N–H and O–H groups in total. The average Bonchev–Trinajstić information content (AvgIpc) is 3.04. The van der Waals surface area contributed by atoms with E-state index in [9.17, 15) is 0 Å². The van der Waals surface area contributed by atoms with E-state index < -0.39 is 0 Å². The Morgan fingerprint density at radius 1 is 1.38 bits per heavy atom. The Labute approximate surface area is 93.4 Å². The predicted molar refractivity (Wildman–Crippen MR) is 61.1 cm³/mol. The SMILES string of the molecule is CNc1cc(C2CC2)nc(-c2ncc[nH]2)n1. The Kier molecular flexibility index (Phi) is 2.09. The Morgan fingerprint density at radius 2 is 2.25 bits per heavy atom. The van der Waals surface area contributed by atoms with E-state index in [1.165, 1.54) is 12.8 Å². The van der Waals surface area contributed by atoms with Gasteiger partial charge in [-0.1, -0.05) is 0 Å². The van der Waals surface area contributed by atoms with Gasteiger partial charge in [0.1, 0.15) is 5.82 Å². The Morgan fingerprint density at radius 3 is 2.88 bits per heavy atom. The van der Waals surface area contributed by atoms with E-state index in [0.717, 1.165) is 17.3 Å². The summed E-state index contributed by atoms with van der Waals surface area (Å²) in [6, 6.07) is 2.02.